The lowest BCUT2D eigenvalue weighted by atomic mass is 10.1. The zero-order chi connectivity index (χ0) is 14.7. The van der Waals surface area contributed by atoms with Crippen molar-refractivity contribution in [2.45, 2.75) is 6.54 Å². The molecule has 0 heterocycles. The number of hydrogen-bond acceptors (Lipinski definition) is 2. The van der Waals surface area contributed by atoms with Crippen LogP contribution in [0.3, 0.4) is 0 Å². The van der Waals surface area contributed by atoms with Gasteiger partial charge < -0.3 is 10.6 Å². The summed E-state index contributed by atoms with van der Waals surface area (Å²) in [4.78, 5) is 14.0. The molecule has 3 nitrogen and oxygen atoms in total. The molecular weight excluding hydrogens is 340 g/mol. The quantitative estimate of drug-likeness (QED) is 0.849. The lowest BCUT2D eigenvalue weighted by Gasteiger charge is -2.18. The van der Waals surface area contributed by atoms with E-state index in [1.165, 1.54) is 0 Å². The average molecular weight is 354 g/mol. The minimum atomic E-state index is -0.117. The van der Waals surface area contributed by atoms with E-state index in [-0.39, 0.29) is 5.91 Å². The second-order valence-electron chi connectivity index (χ2n) is 4.53. The molecule has 0 aliphatic heterocycles. The predicted octanol–water partition coefficient (Wildman–Crippen LogP) is 3.96. The molecule has 20 heavy (non-hydrogen) atoms. The maximum absolute atomic E-state index is 12.4. The molecule has 0 spiro atoms. The number of carbonyl (C=O) groups is 1. The minimum absolute atomic E-state index is 0.117. The topological polar surface area (TPSA) is 46.3 Å². The average Bonchev–Trinajstić information content (AvgIpc) is 2.43. The summed E-state index contributed by atoms with van der Waals surface area (Å²) in [7, 11) is 1.75. The molecule has 2 aromatic carbocycles. The van der Waals surface area contributed by atoms with E-state index in [1.807, 2.05) is 24.3 Å². The van der Waals surface area contributed by atoms with Gasteiger partial charge >= 0.3 is 0 Å². The number of nitrogens with two attached hydrogens (primary N) is 1. The number of halogens is 2. The normalized spacial score (nSPS) is 10.3. The van der Waals surface area contributed by atoms with E-state index in [0.29, 0.717) is 22.8 Å². The van der Waals surface area contributed by atoms with Crippen molar-refractivity contribution in [3.05, 3.63) is 63.1 Å². The second kappa shape index (κ2) is 6.29. The van der Waals surface area contributed by atoms with Gasteiger partial charge in [0.1, 0.15) is 0 Å². The summed E-state index contributed by atoms with van der Waals surface area (Å²) in [6, 6.07) is 12.7. The van der Waals surface area contributed by atoms with E-state index in [0.717, 1.165) is 10.0 Å². The van der Waals surface area contributed by atoms with Gasteiger partial charge in [0.05, 0.1) is 10.6 Å². The molecule has 104 valence electrons. The molecule has 0 unspecified atom stereocenters. The Morgan fingerprint density at radius 3 is 2.55 bits per heavy atom. The highest BCUT2D eigenvalue weighted by Gasteiger charge is 2.15. The Hall–Kier alpha value is -1.52. The molecule has 0 fully saturated rings. The molecule has 2 aromatic rings. The standard InChI is InChI=1S/C15H14BrClN2O/c1-19(9-10-2-5-12(18)6-3-10)15(20)13-8-11(16)4-7-14(13)17/h2-8H,9,18H2,1H3. The van der Waals surface area contributed by atoms with Gasteiger partial charge in [-0.3, -0.25) is 4.79 Å². The van der Waals surface area contributed by atoms with Gasteiger partial charge in [0.2, 0.25) is 0 Å². The highest BCUT2D eigenvalue weighted by Crippen LogP contribution is 2.22. The lowest BCUT2D eigenvalue weighted by molar-refractivity contribution is 0.0785. The van der Waals surface area contributed by atoms with Crippen LogP contribution in [-0.4, -0.2) is 17.9 Å². The van der Waals surface area contributed by atoms with Gasteiger partial charge in [0, 0.05) is 23.8 Å². The van der Waals surface area contributed by atoms with Crippen LogP contribution in [0.4, 0.5) is 5.69 Å². The van der Waals surface area contributed by atoms with E-state index in [1.54, 1.807) is 30.1 Å². The van der Waals surface area contributed by atoms with Gasteiger partial charge in [-0.25, -0.2) is 0 Å². The Balaban J connectivity index is 2.16. The smallest absolute Gasteiger partial charge is 0.255 e. The van der Waals surface area contributed by atoms with Crippen molar-refractivity contribution in [2.75, 3.05) is 12.8 Å². The van der Waals surface area contributed by atoms with Gasteiger partial charge in [-0.2, -0.15) is 0 Å². The van der Waals surface area contributed by atoms with Gasteiger partial charge in [0.15, 0.2) is 0 Å². The van der Waals surface area contributed by atoms with Crippen LogP contribution >= 0.6 is 27.5 Å². The van der Waals surface area contributed by atoms with Crippen molar-refractivity contribution in [3.63, 3.8) is 0 Å². The Bertz CT molecular complexity index is 628. The summed E-state index contributed by atoms with van der Waals surface area (Å²) in [5, 5.41) is 0.447. The number of carbonyl (C=O) groups excluding carboxylic acids is 1. The van der Waals surface area contributed by atoms with Crippen LogP contribution in [0.5, 0.6) is 0 Å². The third kappa shape index (κ3) is 3.52. The van der Waals surface area contributed by atoms with Gasteiger partial charge in [0.25, 0.3) is 5.91 Å². The molecule has 1 amide bonds. The third-order valence-corrected chi connectivity index (χ3v) is 3.73. The first kappa shape index (κ1) is 14.9. The fourth-order valence-corrected chi connectivity index (χ4v) is 2.40. The molecule has 0 radical (unpaired) electrons. The number of benzene rings is 2. The first-order valence-electron chi connectivity index (χ1n) is 6.02. The second-order valence-corrected chi connectivity index (χ2v) is 5.85. The first-order chi connectivity index (χ1) is 9.47. The molecule has 0 atom stereocenters. The number of nitrogens with zero attached hydrogens (tertiary/aromatic N) is 1. The van der Waals surface area contributed by atoms with Crippen LogP contribution in [0.2, 0.25) is 5.02 Å². The molecule has 0 aromatic heterocycles. The lowest BCUT2D eigenvalue weighted by Crippen LogP contribution is -2.26. The van der Waals surface area contributed by atoms with Crippen molar-refractivity contribution < 1.29 is 4.79 Å². The van der Waals surface area contributed by atoms with E-state index >= 15 is 0 Å². The number of amides is 1. The van der Waals surface area contributed by atoms with E-state index < -0.39 is 0 Å². The first-order valence-corrected chi connectivity index (χ1v) is 7.19. The van der Waals surface area contributed by atoms with Crippen LogP contribution in [0.15, 0.2) is 46.9 Å². The summed E-state index contributed by atoms with van der Waals surface area (Å²) < 4.78 is 0.825. The third-order valence-electron chi connectivity index (χ3n) is 2.90. The number of hydrogen-bond donors (Lipinski definition) is 1. The van der Waals surface area contributed by atoms with E-state index in [4.69, 9.17) is 17.3 Å². The summed E-state index contributed by atoms with van der Waals surface area (Å²) in [5.74, 6) is -0.117. The van der Waals surface area contributed by atoms with Crippen molar-refractivity contribution in [1.29, 1.82) is 0 Å². The summed E-state index contributed by atoms with van der Waals surface area (Å²) in [6.07, 6.45) is 0. The Labute approximate surface area is 131 Å². The fraction of sp³-hybridized carbons (Fsp3) is 0.133. The van der Waals surface area contributed by atoms with Gasteiger partial charge in [-0.05, 0) is 35.9 Å². The monoisotopic (exact) mass is 352 g/mol. The van der Waals surface area contributed by atoms with Crippen molar-refractivity contribution in [3.8, 4) is 0 Å². The molecule has 0 saturated carbocycles. The van der Waals surface area contributed by atoms with Crippen molar-refractivity contribution in [2.24, 2.45) is 0 Å². The molecule has 0 aliphatic carbocycles. The van der Waals surface area contributed by atoms with Crippen molar-refractivity contribution >= 4 is 39.1 Å². The Morgan fingerprint density at radius 2 is 1.90 bits per heavy atom. The molecule has 2 rings (SSSR count). The molecule has 2 N–H and O–H groups in total. The van der Waals surface area contributed by atoms with Crippen LogP contribution < -0.4 is 5.73 Å². The highest BCUT2D eigenvalue weighted by atomic mass is 79.9. The summed E-state index contributed by atoms with van der Waals surface area (Å²) in [5.41, 5.74) is 7.85. The zero-order valence-electron chi connectivity index (χ0n) is 10.9. The molecule has 0 aliphatic rings. The van der Waals surface area contributed by atoms with Gasteiger partial charge in [-0.1, -0.05) is 39.7 Å². The maximum atomic E-state index is 12.4. The van der Waals surface area contributed by atoms with E-state index in [2.05, 4.69) is 15.9 Å². The van der Waals surface area contributed by atoms with Gasteiger partial charge in [-0.15, -0.1) is 0 Å². The number of rotatable bonds is 3. The van der Waals surface area contributed by atoms with Crippen LogP contribution in [-0.2, 0) is 6.54 Å². The molecule has 5 heteroatoms. The highest BCUT2D eigenvalue weighted by molar-refractivity contribution is 9.10. The zero-order valence-corrected chi connectivity index (χ0v) is 13.3. The minimum Gasteiger partial charge on any atom is -0.399 e. The fourth-order valence-electron chi connectivity index (χ4n) is 1.84. The van der Waals surface area contributed by atoms with Crippen LogP contribution in [0.25, 0.3) is 0 Å². The van der Waals surface area contributed by atoms with Crippen molar-refractivity contribution in [1.82, 2.24) is 4.90 Å². The SMILES string of the molecule is CN(Cc1ccc(N)cc1)C(=O)c1cc(Br)ccc1Cl. The molecule has 0 bridgehead atoms. The molecule has 0 saturated heterocycles. The Morgan fingerprint density at radius 1 is 1.25 bits per heavy atom. The van der Waals surface area contributed by atoms with Crippen LogP contribution in [0, 0.1) is 0 Å². The Kier molecular flexibility index (Phi) is 4.68. The van der Waals surface area contributed by atoms with E-state index in [9.17, 15) is 4.79 Å². The number of anilines is 1. The van der Waals surface area contributed by atoms with Crippen LogP contribution in [0.1, 0.15) is 15.9 Å². The predicted molar refractivity (Wildman–Crippen MR) is 85.8 cm³/mol. The maximum Gasteiger partial charge on any atom is 0.255 e. The number of nitrogen functional groups attached to an aromatic ring is 1. The summed E-state index contributed by atoms with van der Waals surface area (Å²) >= 11 is 9.42. The summed E-state index contributed by atoms with van der Waals surface area (Å²) in [6.45, 7) is 0.502. The largest absolute Gasteiger partial charge is 0.399 e. The molecular formula is C15H14BrClN2O.